The first-order valence-corrected chi connectivity index (χ1v) is 33.3. The van der Waals surface area contributed by atoms with Gasteiger partial charge < -0.3 is 23.5 Å². The minimum Gasteiger partial charge on any atom is -0.456 e. The number of nitrogens with zero attached hydrogens (tertiary/aromatic N) is 3. The number of fused-ring (bicyclic) bond motifs is 12. The number of furan rings is 2. The van der Waals surface area contributed by atoms with Gasteiger partial charge in [-0.1, -0.05) is 203 Å². The van der Waals surface area contributed by atoms with Crippen molar-refractivity contribution in [3.05, 3.63) is 302 Å². The Balaban J connectivity index is 0.849. The quantitative estimate of drug-likeness (QED) is 0.127. The zero-order valence-corrected chi connectivity index (χ0v) is 53.1. The van der Waals surface area contributed by atoms with Crippen molar-refractivity contribution in [2.45, 2.75) is 61.2 Å². The maximum atomic E-state index is 7.03. The van der Waals surface area contributed by atoms with Crippen LogP contribution in [0.3, 0.4) is 0 Å². The highest BCUT2D eigenvalue weighted by Crippen LogP contribution is 2.55. The minimum absolute atomic E-state index is 0.0168. The maximum absolute atomic E-state index is 7.03. The van der Waals surface area contributed by atoms with Crippen molar-refractivity contribution in [2.24, 2.45) is 0 Å². The molecule has 93 heavy (non-hydrogen) atoms. The van der Waals surface area contributed by atoms with Gasteiger partial charge in [-0.3, -0.25) is 0 Å². The molecule has 0 fully saturated rings. The van der Waals surface area contributed by atoms with E-state index in [9.17, 15) is 0 Å². The molecule has 0 saturated heterocycles. The molecule has 0 N–H and O–H groups in total. The Morgan fingerprint density at radius 3 is 1.41 bits per heavy atom. The van der Waals surface area contributed by atoms with Gasteiger partial charge in [0.2, 0.25) is 6.71 Å². The molecule has 4 heterocycles. The van der Waals surface area contributed by atoms with Crippen LogP contribution in [-0.4, -0.2) is 6.71 Å². The fraction of sp³-hybridized carbons (Fsp3) is 0.0930. The Kier molecular flexibility index (Phi) is 12.7. The SMILES string of the molecule is CC1(C)CCC(C)(C)c2c(N3c4cc(N(c5ccccc5)c5ccccc5)ccc4B4c5ccc(N(c6ccccc6)c6ccccc6)cc5Sc5cc(-c6ccc7c(c6)oc6ccc8oc9cc(-c%10cccc(-c%11ccccc%11)c%10)ccc9c8c67)cc3c54)cccc21. The highest BCUT2D eigenvalue weighted by atomic mass is 32.2. The number of rotatable bonds is 10. The first kappa shape index (κ1) is 55.1. The highest BCUT2D eigenvalue weighted by Gasteiger charge is 2.45. The Morgan fingerprint density at radius 2 is 0.828 bits per heavy atom. The molecule has 0 amide bonds. The van der Waals surface area contributed by atoms with Gasteiger partial charge in [0.05, 0.1) is 5.69 Å². The molecule has 444 valence electrons. The summed E-state index contributed by atoms with van der Waals surface area (Å²) in [6.45, 7) is 9.75. The molecule has 0 unspecified atom stereocenters. The summed E-state index contributed by atoms with van der Waals surface area (Å²) in [4.78, 5) is 9.95. The van der Waals surface area contributed by atoms with E-state index >= 15 is 0 Å². The Labute approximate surface area is 546 Å². The smallest absolute Gasteiger partial charge is 0.249 e. The van der Waals surface area contributed by atoms with Crippen molar-refractivity contribution >= 4 is 130 Å². The van der Waals surface area contributed by atoms with Gasteiger partial charge in [-0.15, -0.1) is 0 Å². The van der Waals surface area contributed by atoms with Gasteiger partial charge in [0.25, 0.3) is 0 Å². The van der Waals surface area contributed by atoms with E-state index in [4.69, 9.17) is 8.83 Å². The normalized spacial score (nSPS) is 14.2. The topological polar surface area (TPSA) is 36.0 Å². The van der Waals surface area contributed by atoms with Crippen LogP contribution in [0.1, 0.15) is 51.7 Å². The lowest BCUT2D eigenvalue weighted by molar-refractivity contribution is 0.332. The van der Waals surface area contributed by atoms with Gasteiger partial charge in [0, 0.05) is 76.8 Å². The lowest BCUT2D eigenvalue weighted by Crippen LogP contribution is -2.60. The van der Waals surface area contributed by atoms with Crippen LogP contribution >= 0.6 is 11.8 Å². The number of hydrogen-bond donors (Lipinski definition) is 0. The van der Waals surface area contributed by atoms with Crippen molar-refractivity contribution in [3.63, 3.8) is 0 Å². The first-order chi connectivity index (χ1) is 45.6. The second-order valence-corrected chi connectivity index (χ2v) is 27.7. The number of hydrogen-bond acceptors (Lipinski definition) is 6. The molecule has 0 atom stereocenters. The minimum atomic E-state index is -0.107. The predicted octanol–water partition coefficient (Wildman–Crippen LogP) is 22.5. The third kappa shape index (κ3) is 9.07. The Bertz CT molecular complexity index is 5370. The lowest BCUT2D eigenvalue weighted by atomic mass is 9.34. The van der Waals surface area contributed by atoms with E-state index in [1.54, 1.807) is 0 Å². The molecule has 2 aromatic heterocycles. The van der Waals surface area contributed by atoms with E-state index in [1.807, 2.05) is 11.8 Å². The third-order valence-corrected chi connectivity index (χ3v) is 21.2. The van der Waals surface area contributed by atoms with Crippen LogP contribution in [0.4, 0.5) is 51.2 Å². The summed E-state index contributed by atoms with van der Waals surface area (Å²) in [5.41, 5.74) is 27.0. The molecular weight excluding hydrogens is 1150 g/mol. The van der Waals surface area contributed by atoms with Gasteiger partial charge in [-0.25, -0.2) is 0 Å². The molecule has 0 saturated carbocycles. The van der Waals surface area contributed by atoms with Gasteiger partial charge in [-0.2, -0.15) is 0 Å². The van der Waals surface area contributed by atoms with Crippen molar-refractivity contribution in [3.8, 4) is 33.4 Å². The summed E-state index contributed by atoms with van der Waals surface area (Å²) in [6, 6.07) is 107. The van der Waals surface area contributed by atoms with Gasteiger partial charge in [0.15, 0.2) is 0 Å². The molecule has 2 aliphatic heterocycles. The Hall–Kier alpha value is -10.7. The zero-order valence-electron chi connectivity index (χ0n) is 52.3. The van der Waals surface area contributed by atoms with Crippen LogP contribution in [0.2, 0.25) is 0 Å². The molecule has 7 heteroatoms. The largest absolute Gasteiger partial charge is 0.456 e. The summed E-state index contributed by atoms with van der Waals surface area (Å²) in [5.74, 6) is 0. The summed E-state index contributed by atoms with van der Waals surface area (Å²) in [5, 5.41) is 4.26. The molecule has 5 nitrogen and oxygen atoms in total. The molecule has 0 radical (unpaired) electrons. The van der Waals surface area contributed by atoms with Gasteiger partial charge in [-0.05, 0) is 213 Å². The molecule has 0 bridgehead atoms. The second kappa shape index (κ2) is 21.4. The highest BCUT2D eigenvalue weighted by molar-refractivity contribution is 8.00. The first-order valence-electron chi connectivity index (χ1n) is 32.4. The van der Waals surface area contributed by atoms with Crippen LogP contribution in [0.15, 0.2) is 310 Å². The van der Waals surface area contributed by atoms with Crippen LogP contribution in [0.25, 0.3) is 77.3 Å². The van der Waals surface area contributed by atoms with E-state index in [2.05, 4.69) is 334 Å². The van der Waals surface area contributed by atoms with Crippen LogP contribution in [0.5, 0.6) is 0 Å². The van der Waals surface area contributed by atoms with E-state index < -0.39 is 0 Å². The second-order valence-electron chi connectivity index (χ2n) is 26.6. The molecule has 1 aliphatic carbocycles. The molecule has 13 aromatic carbocycles. The fourth-order valence-corrected chi connectivity index (χ4v) is 16.8. The van der Waals surface area contributed by atoms with E-state index in [-0.39, 0.29) is 17.5 Å². The summed E-state index contributed by atoms with van der Waals surface area (Å²) in [6.07, 6.45) is 2.20. The van der Waals surface area contributed by atoms with Gasteiger partial charge >= 0.3 is 0 Å². The molecule has 0 spiro atoms. The maximum Gasteiger partial charge on any atom is 0.249 e. The standard InChI is InChI=1S/C86H64BN3O2S/c1-85(2)46-47-86(3,4)83-69(85)34-21-35-72(83)90-73-53-65(88(61-26-12-6-13-27-61)62-28-14-7-15-29-62)38-42-70(73)87-71-43-39-66(89(63-30-16-8-17-31-63)64-32-18-9-19-33-64)54-79(71)93-80-52-60(49-74(90)84(80)87)59-37-41-68-78(51-59)92-76-45-44-75-81(82(68)76)67-40-36-58(50-77(67)91-75)57-25-20-24-56(48-57)55-22-10-5-11-23-55/h5-45,48-54H,46-47H2,1-4H3. The van der Waals surface area contributed by atoms with Crippen molar-refractivity contribution in [1.82, 2.24) is 0 Å². The average Bonchev–Trinajstić information content (AvgIpc) is 1.20. The number of para-hydroxylation sites is 4. The Morgan fingerprint density at radius 1 is 0.344 bits per heavy atom. The fourth-order valence-electron chi connectivity index (χ4n) is 15.5. The third-order valence-electron chi connectivity index (χ3n) is 20.1. The van der Waals surface area contributed by atoms with Crippen molar-refractivity contribution < 1.29 is 8.83 Å². The van der Waals surface area contributed by atoms with E-state index in [1.165, 1.54) is 65.5 Å². The van der Waals surface area contributed by atoms with E-state index in [0.29, 0.717) is 0 Å². The van der Waals surface area contributed by atoms with Crippen LogP contribution < -0.4 is 31.1 Å². The molecular formula is C86H64BN3O2S. The van der Waals surface area contributed by atoms with Gasteiger partial charge in [0.1, 0.15) is 22.3 Å². The number of anilines is 9. The predicted molar refractivity (Wildman–Crippen MR) is 392 cm³/mol. The summed E-state index contributed by atoms with van der Waals surface area (Å²) in [7, 11) is 0. The zero-order chi connectivity index (χ0) is 62.1. The van der Waals surface area contributed by atoms with Crippen molar-refractivity contribution in [2.75, 3.05) is 14.7 Å². The van der Waals surface area contributed by atoms with Crippen LogP contribution in [0, 0.1) is 0 Å². The number of benzene rings is 13. The van der Waals surface area contributed by atoms with Crippen molar-refractivity contribution in [1.29, 1.82) is 0 Å². The molecule has 3 aliphatic rings. The monoisotopic (exact) mass is 1210 g/mol. The van der Waals surface area contributed by atoms with E-state index in [0.717, 1.165) is 113 Å². The average molecular weight is 1210 g/mol. The van der Waals surface area contributed by atoms with Crippen LogP contribution in [-0.2, 0) is 10.8 Å². The summed E-state index contributed by atoms with van der Waals surface area (Å²) >= 11 is 1.90. The lowest BCUT2D eigenvalue weighted by Gasteiger charge is -2.47. The summed E-state index contributed by atoms with van der Waals surface area (Å²) < 4.78 is 13.8. The molecule has 18 rings (SSSR count). The molecule has 15 aromatic rings.